The maximum absolute atomic E-state index is 11.3. The molecule has 100 valence electrons. The third kappa shape index (κ3) is 7.93. The van der Waals surface area contributed by atoms with Gasteiger partial charge in [-0.1, -0.05) is 19.9 Å². The van der Waals surface area contributed by atoms with Gasteiger partial charge in [0.05, 0.1) is 5.75 Å². The van der Waals surface area contributed by atoms with Crippen LogP contribution >= 0.6 is 0 Å². The van der Waals surface area contributed by atoms with Gasteiger partial charge in [-0.3, -0.25) is 4.79 Å². The number of carbonyl (C=O) groups excluding carboxylic acids is 1. The second-order valence-electron chi connectivity index (χ2n) is 3.72. The number of carbonyl (C=O) groups is 1. The summed E-state index contributed by atoms with van der Waals surface area (Å²) in [6.07, 6.45) is 1.29. The molecule has 0 rings (SSSR count). The summed E-state index contributed by atoms with van der Waals surface area (Å²) in [7, 11) is -3.34. The minimum Gasteiger partial charge on any atom is -0.354 e. The van der Waals surface area contributed by atoms with Crippen LogP contribution in [0.4, 0.5) is 0 Å². The normalized spacial score (nSPS) is 11.5. The van der Waals surface area contributed by atoms with Crippen LogP contribution in [-0.2, 0) is 14.6 Å². The van der Waals surface area contributed by atoms with Crippen molar-refractivity contribution in [3.63, 3.8) is 0 Å². The standard InChI is InChI=1S/C11H22N2O3S/c1-4-9-17(15,16)10-11(14)12-7-8-13(5-2)6-3/h4H,1,5-10H2,2-3H3,(H,12,14). The van der Waals surface area contributed by atoms with Crippen molar-refractivity contribution in [1.29, 1.82) is 0 Å². The second-order valence-corrected chi connectivity index (χ2v) is 5.83. The first-order valence-electron chi connectivity index (χ1n) is 5.75. The van der Waals surface area contributed by atoms with Crippen molar-refractivity contribution in [3.05, 3.63) is 12.7 Å². The molecule has 0 saturated heterocycles. The molecule has 0 heterocycles. The van der Waals surface area contributed by atoms with Gasteiger partial charge in [0.15, 0.2) is 9.84 Å². The molecule has 0 unspecified atom stereocenters. The monoisotopic (exact) mass is 262 g/mol. The predicted molar refractivity (Wildman–Crippen MR) is 69.6 cm³/mol. The summed E-state index contributed by atoms with van der Waals surface area (Å²) in [6, 6.07) is 0. The predicted octanol–water partition coefficient (Wildman–Crippen LogP) is 0.0452. The Morgan fingerprint density at radius 1 is 1.35 bits per heavy atom. The van der Waals surface area contributed by atoms with Crippen LogP contribution in [0.15, 0.2) is 12.7 Å². The lowest BCUT2D eigenvalue weighted by atomic mass is 10.4. The third-order valence-corrected chi connectivity index (χ3v) is 3.81. The smallest absolute Gasteiger partial charge is 0.235 e. The van der Waals surface area contributed by atoms with Crippen LogP contribution in [0.1, 0.15) is 13.8 Å². The van der Waals surface area contributed by atoms with Gasteiger partial charge in [0.25, 0.3) is 0 Å². The maximum Gasteiger partial charge on any atom is 0.235 e. The van der Waals surface area contributed by atoms with Gasteiger partial charge >= 0.3 is 0 Å². The molecule has 0 aliphatic heterocycles. The van der Waals surface area contributed by atoms with Crippen molar-refractivity contribution in [3.8, 4) is 0 Å². The Balaban J connectivity index is 3.92. The minimum absolute atomic E-state index is 0.156. The third-order valence-electron chi connectivity index (χ3n) is 2.37. The molecule has 0 radical (unpaired) electrons. The number of nitrogens with zero attached hydrogens (tertiary/aromatic N) is 1. The van der Waals surface area contributed by atoms with E-state index in [1.54, 1.807) is 0 Å². The summed E-state index contributed by atoms with van der Waals surface area (Å²) in [4.78, 5) is 13.5. The Morgan fingerprint density at radius 3 is 2.41 bits per heavy atom. The van der Waals surface area contributed by atoms with Crippen LogP contribution in [0.25, 0.3) is 0 Å². The van der Waals surface area contributed by atoms with E-state index in [0.29, 0.717) is 6.54 Å². The number of hydrogen-bond donors (Lipinski definition) is 1. The fourth-order valence-corrected chi connectivity index (χ4v) is 2.36. The van der Waals surface area contributed by atoms with E-state index in [0.717, 1.165) is 19.6 Å². The highest BCUT2D eigenvalue weighted by Gasteiger charge is 2.14. The number of hydrogen-bond acceptors (Lipinski definition) is 4. The molecular formula is C11H22N2O3S. The zero-order valence-electron chi connectivity index (χ0n) is 10.6. The first kappa shape index (κ1) is 16.1. The molecule has 17 heavy (non-hydrogen) atoms. The molecule has 0 bridgehead atoms. The highest BCUT2D eigenvalue weighted by atomic mass is 32.2. The second kappa shape index (κ2) is 8.25. The van der Waals surface area contributed by atoms with E-state index >= 15 is 0 Å². The van der Waals surface area contributed by atoms with Gasteiger partial charge in [-0.25, -0.2) is 8.42 Å². The van der Waals surface area contributed by atoms with E-state index < -0.39 is 21.5 Å². The summed E-state index contributed by atoms with van der Waals surface area (Å²) in [5.41, 5.74) is 0. The van der Waals surface area contributed by atoms with Crippen LogP contribution in [0.2, 0.25) is 0 Å². The topological polar surface area (TPSA) is 66.5 Å². The molecule has 0 aromatic carbocycles. The molecule has 0 saturated carbocycles. The quantitative estimate of drug-likeness (QED) is 0.596. The van der Waals surface area contributed by atoms with Gasteiger partial charge in [-0.15, -0.1) is 6.58 Å². The molecule has 1 N–H and O–H groups in total. The molecule has 1 amide bonds. The van der Waals surface area contributed by atoms with E-state index in [4.69, 9.17) is 0 Å². The molecule has 0 fully saturated rings. The van der Waals surface area contributed by atoms with Crippen LogP contribution in [0, 0.1) is 0 Å². The Labute approximate surface area is 104 Å². The average Bonchev–Trinajstić information content (AvgIpc) is 2.23. The Bertz CT molecular complexity index is 335. The van der Waals surface area contributed by atoms with Crippen molar-refractivity contribution in [2.24, 2.45) is 0 Å². The lowest BCUT2D eigenvalue weighted by Gasteiger charge is -2.17. The molecule has 0 aliphatic carbocycles. The van der Waals surface area contributed by atoms with Gasteiger partial charge in [0, 0.05) is 13.1 Å². The van der Waals surface area contributed by atoms with E-state index in [1.165, 1.54) is 6.08 Å². The summed E-state index contributed by atoms with van der Waals surface area (Å²) in [5, 5.41) is 2.60. The summed E-state index contributed by atoms with van der Waals surface area (Å²) in [6.45, 7) is 10.5. The van der Waals surface area contributed by atoms with Crippen LogP contribution in [0.3, 0.4) is 0 Å². The zero-order valence-corrected chi connectivity index (χ0v) is 11.4. The molecule has 0 aromatic rings. The highest BCUT2D eigenvalue weighted by Crippen LogP contribution is 1.90. The molecule has 0 aliphatic rings. The van der Waals surface area contributed by atoms with Gasteiger partial charge < -0.3 is 10.2 Å². The summed E-state index contributed by atoms with van der Waals surface area (Å²) in [5.74, 6) is -1.06. The van der Waals surface area contributed by atoms with E-state index in [2.05, 4.69) is 16.8 Å². The van der Waals surface area contributed by atoms with E-state index in [9.17, 15) is 13.2 Å². The summed E-state index contributed by atoms with van der Waals surface area (Å²) < 4.78 is 22.6. The van der Waals surface area contributed by atoms with Crippen molar-refractivity contribution < 1.29 is 13.2 Å². The highest BCUT2D eigenvalue weighted by molar-refractivity contribution is 7.92. The van der Waals surface area contributed by atoms with Gasteiger partial charge in [0.1, 0.15) is 5.75 Å². The Morgan fingerprint density at radius 2 is 1.94 bits per heavy atom. The van der Waals surface area contributed by atoms with Crippen molar-refractivity contribution in [1.82, 2.24) is 10.2 Å². The lowest BCUT2D eigenvalue weighted by molar-refractivity contribution is -0.118. The van der Waals surface area contributed by atoms with Crippen LogP contribution < -0.4 is 5.32 Å². The molecule has 0 atom stereocenters. The van der Waals surface area contributed by atoms with Gasteiger partial charge in [-0.2, -0.15) is 0 Å². The number of amides is 1. The van der Waals surface area contributed by atoms with Crippen LogP contribution in [-0.4, -0.2) is 56.9 Å². The van der Waals surface area contributed by atoms with Crippen molar-refractivity contribution >= 4 is 15.7 Å². The number of likely N-dealkylation sites (N-methyl/N-ethyl adjacent to an activating group) is 1. The zero-order chi connectivity index (χ0) is 13.3. The average molecular weight is 262 g/mol. The van der Waals surface area contributed by atoms with E-state index in [1.807, 2.05) is 13.8 Å². The largest absolute Gasteiger partial charge is 0.354 e. The fourth-order valence-electron chi connectivity index (χ4n) is 1.38. The number of sulfone groups is 1. The number of rotatable bonds is 9. The molecule has 0 spiro atoms. The fraction of sp³-hybridized carbons (Fsp3) is 0.727. The minimum atomic E-state index is -3.34. The lowest BCUT2D eigenvalue weighted by Crippen LogP contribution is -2.37. The van der Waals surface area contributed by atoms with E-state index in [-0.39, 0.29) is 5.75 Å². The first-order chi connectivity index (χ1) is 7.95. The van der Waals surface area contributed by atoms with Crippen molar-refractivity contribution in [2.45, 2.75) is 13.8 Å². The van der Waals surface area contributed by atoms with Crippen LogP contribution in [0.5, 0.6) is 0 Å². The molecule has 6 heteroatoms. The van der Waals surface area contributed by atoms with Crippen molar-refractivity contribution in [2.75, 3.05) is 37.7 Å². The SMILES string of the molecule is C=CCS(=O)(=O)CC(=O)NCCN(CC)CC. The maximum atomic E-state index is 11.3. The molecule has 0 aromatic heterocycles. The first-order valence-corrected chi connectivity index (χ1v) is 7.57. The number of nitrogens with one attached hydrogen (secondary N) is 1. The summed E-state index contributed by atoms with van der Waals surface area (Å²) >= 11 is 0. The van der Waals surface area contributed by atoms with Gasteiger partial charge in [0.2, 0.25) is 5.91 Å². The Kier molecular flexibility index (Phi) is 7.82. The molecular weight excluding hydrogens is 240 g/mol. The molecule has 5 nitrogen and oxygen atoms in total. The van der Waals surface area contributed by atoms with Gasteiger partial charge in [-0.05, 0) is 13.1 Å². The Hall–Kier alpha value is -0.880.